The fraction of sp³-hybridized carbons (Fsp3) is 0.357. The van der Waals surface area contributed by atoms with Gasteiger partial charge in [0, 0.05) is 12.1 Å². The highest BCUT2D eigenvalue weighted by atomic mass is 15.3. The molecule has 1 heterocycles. The molecule has 2 rings (SSSR count). The predicted octanol–water partition coefficient (Wildman–Crippen LogP) is 2.30. The van der Waals surface area contributed by atoms with Crippen LogP contribution < -0.4 is 5.73 Å². The Morgan fingerprint density at radius 3 is 2.41 bits per heavy atom. The number of rotatable bonds is 3. The molecule has 3 nitrogen and oxygen atoms in total. The van der Waals surface area contributed by atoms with E-state index in [9.17, 15) is 0 Å². The summed E-state index contributed by atoms with van der Waals surface area (Å²) in [5.41, 5.74) is 11.5. The molecule has 1 aromatic carbocycles. The molecule has 0 aliphatic rings. The Hall–Kier alpha value is -1.61. The van der Waals surface area contributed by atoms with E-state index in [4.69, 9.17) is 5.73 Å². The third-order valence-corrected chi connectivity index (χ3v) is 2.99. The number of hydrogen-bond acceptors (Lipinski definition) is 2. The largest absolute Gasteiger partial charge is 0.330 e. The molecular formula is C14H19N3. The first-order valence-electron chi connectivity index (χ1n) is 5.95. The number of hydrogen-bond donors (Lipinski definition) is 1. The van der Waals surface area contributed by atoms with Crippen molar-refractivity contribution in [3.05, 3.63) is 46.8 Å². The molecule has 0 bridgehead atoms. The number of para-hydroxylation sites is 1. The SMILES string of the molecule is Cc1cccc(C)c1-n1nc(CCN)cc1C. The molecule has 0 aliphatic heterocycles. The van der Waals surface area contributed by atoms with Crippen molar-refractivity contribution in [3.8, 4) is 5.69 Å². The van der Waals surface area contributed by atoms with Gasteiger partial charge in [-0.1, -0.05) is 18.2 Å². The van der Waals surface area contributed by atoms with Crippen LogP contribution in [0, 0.1) is 20.8 Å². The summed E-state index contributed by atoms with van der Waals surface area (Å²) in [5, 5.41) is 4.63. The van der Waals surface area contributed by atoms with E-state index in [1.54, 1.807) is 0 Å². The van der Waals surface area contributed by atoms with E-state index in [0.29, 0.717) is 6.54 Å². The van der Waals surface area contributed by atoms with Gasteiger partial charge in [-0.3, -0.25) is 0 Å². The maximum absolute atomic E-state index is 5.57. The standard InChI is InChI=1S/C14H19N3/c1-10-5-4-6-11(2)14(10)17-12(3)9-13(16-17)7-8-15/h4-6,9H,7-8,15H2,1-3H3. The molecule has 2 aromatic rings. The number of nitrogens with zero attached hydrogens (tertiary/aromatic N) is 2. The number of aryl methyl sites for hydroxylation is 3. The number of benzene rings is 1. The summed E-state index contributed by atoms with van der Waals surface area (Å²) in [4.78, 5) is 0. The minimum absolute atomic E-state index is 0.642. The van der Waals surface area contributed by atoms with Crippen molar-refractivity contribution in [1.82, 2.24) is 9.78 Å². The number of nitrogens with two attached hydrogens (primary N) is 1. The van der Waals surface area contributed by atoms with Crippen molar-refractivity contribution >= 4 is 0 Å². The van der Waals surface area contributed by atoms with Crippen LogP contribution in [0.3, 0.4) is 0 Å². The Balaban J connectivity index is 2.52. The van der Waals surface area contributed by atoms with Crippen molar-refractivity contribution in [2.75, 3.05) is 6.54 Å². The average molecular weight is 229 g/mol. The second-order valence-electron chi connectivity index (χ2n) is 4.47. The molecule has 0 saturated heterocycles. The molecule has 0 fully saturated rings. The lowest BCUT2D eigenvalue weighted by Gasteiger charge is -2.11. The fourth-order valence-corrected chi connectivity index (χ4v) is 2.17. The van der Waals surface area contributed by atoms with Crippen molar-refractivity contribution in [2.24, 2.45) is 5.73 Å². The quantitative estimate of drug-likeness (QED) is 0.877. The van der Waals surface area contributed by atoms with E-state index in [0.717, 1.165) is 17.8 Å². The first-order valence-corrected chi connectivity index (χ1v) is 5.95. The highest BCUT2D eigenvalue weighted by molar-refractivity contribution is 5.47. The monoisotopic (exact) mass is 229 g/mol. The fourth-order valence-electron chi connectivity index (χ4n) is 2.17. The van der Waals surface area contributed by atoms with Gasteiger partial charge in [-0.25, -0.2) is 4.68 Å². The van der Waals surface area contributed by atoms with Crippen LogP contribution in [0.4, 0.5) is 0 Å². The van der Waals surface area contributed by atoms with Gasteiger partial charge in [0.1, 0.15) is 0 Å². The van der Waals surface area contributed by atoms with Gasteiger partial charge in [-0.15, -0.1) is 0 Å². The minimum Gasteiger partial charge on any atom is -0.330 e. The number of aromatic nitrogens is 2. The zero-order chi connectivity index (χ0) is 12.4. The van der Waals surface area contributed by atoms with E-state index < -0.39 is 0 Å². The predicted molar refractivity (Wildman–Crippen MR) is 70.5 cm³/mol. The normalized spacial score (nSPS) is 10.8. The van der Waals surface area contributed by atoms with Crippen molar-refractivity contribution in [2.45, 2.75) is 27.2 Å². The van der Waals surface area contributed by atoms with Gasteiger partial charge in [-0.2, -0.15) is 5.10 Å². The van der Waals surface area contributed by atoms with Crippen molar-refractivity contribution in [1.29, 1.82) is 0 Å². The molecule has 0 radical (unpaired) electrons. The van der Waals surface area contributed by atoms with Gasteiger partial charge >= 0.3 is 0 Å². The van der Waals surface area contributed by atoms with Gasteiger partial charge in [0.2, 0.25) is 0 Å². The lowest BCUT2D eigenvalue weighted by atomic mass is 10.1. The lowest BCUT2D eigenvalue weighted by Crippen LogP contribution is -2.06. The molecule has 2 N–H and O–H groups in total. The summed E-state index contributed by atoms with van der Waals surface area (Å²) < 4.78 is 2.02. The molecule has 0 aliphatic carbocycles. The third-order valence-electron chi connectivity index (χ3n) is 2.99. The second kappa shape index (κ2) is 4.72. The van der Waals surface area contributed by atoms with Gasteiger partial charge in [0.15, 0.2) is 0 Å². The van der Waals surface area contributed by atoms with Gasteiger partial charge in [-0.05, 0) is 44.5 Å². The van der Waals surface area contributed by atoms with Crippen LogP contribution in [-0.4, -0.2) is 16.3 Å². The Labute approximate surface area is 102 Å². The third kappa shape index (κ3) is 2.24. The molecular weight excluding hydrogens is 210 g/mol. The Morgan fingerprint density at radius 1 is 1.18 bits per heavy atom. The van der Waals surface area contributed by atoms with Gasteiger partial charge < -0.3 is 5.73 Å². The summed E-state index contributed by atoms with van der Waals surface area (Å²) in [7, 11) is 0. The zero-order valence-electron chi connectivity index (χ0n) is 10.7. The lowest BCUT2D eigenvalue weighted by molar-refractivity contribution is 0.795. The first kappa shape index (κ1) is 11.9. The van der Waals surface area contributed by atoms with Crippen LogP contribution in [0.5, 0.6) is 0 Å². The second-order valence-corrected chi connectivity index (χ2v) is 4.47. The molecule has 1 aromatic heterocycles. The van der Waals surface area contributed by atoms with Gasteiger partial charge in [0.05, 0.1) is 11.4 Å². The van der Waals surface area contributed by atoms with E-state index in [2.05, 4.69) is 50.1 Å². The summed E-state index contributed by atoms with van der Waals surface area (Å²) in [5.74, 6) is 0. The van der Waals surface area contributed by atoms with Crippen molar-refractivity contribution in [3.63, 3.8) is 0 Å². The smallest absolute Gasteiger partial charge is 0.0707 e. The van der Waals surface area contributed by atoms with Crippen LogP contribution in [0.15, 0.2) is 24.3 Å². The Bertz CT molecular complexity index is 506. The van der Waals surface area contributed by atoms with Crippen LogP contribution in [-0.2, 0) is 6.42 Å². The molecule has 0 spiro atoms. The maximum atomic E-state index is 5.57. The molecule has 0 amide bonds. The molecule has 17 heavy (non-hydrogen) atoms. The maximum Gasteiger partial charge on any atom is 0.0707 e. The zero-order valence-corrected chi connectivity index (χ0v) is 10.7. The molecule has 0 unspecified atom stereocenters. The van der Waals surface area contributed by atoms with Crippen LogP contribution >= 0.6 is 0 Å². The van der Waals surface area contributed by atoms with Gasteiger partial charge in [0.25, 0.3) is 0 Å². The molecule has 0 atom stereocenters. The van der Waals surface area contributed by atoms with Crippen molar-refractivity contribution < 1.29 is 0 Å². The Morgan fingerprint density at radius 2 is 1.82 bits per heavy atom. The molecule has 3 heteroatoms. The highest BCUT2D eigenvalue weighted by Gasteiger charge is 2.10. The molecule has 90 valence electrons. The molecule has 0 saturated carbocycles. The van der Waals surface area contributed by atoms with E-state index in [1.807, 2.05) is 4.68 Å². The average Bonchev–Trinajstić information content (AvgIpc) is 2.60. The Kier molecular flexibility index (Phi) is 3.29. The van der Waals surface area contributed by atoms with Crippen LogP contribution in [0.2, 0.25) is 0 Å². The summed E-state index contributed by atoms with van der Waals surface area (Å²) in [6, 6.07) is 8.42. The van der Waals surface area contributed by atoms with E-state index in [1.165, 1.54) is 16.8 Å². The summed E-state index contributed by atoms with van der Waals surface area (Å²) >= 11 is 0. The minimum atomic E-state index is 0.642. The summed E-state index contributed by atoms with van der Waals surface area (Å²) in [6.07, 6.45) is 0.832. The highest BCUT2D eigenvalue weighted by Crippen LogP contribution is 2.20. The van der Waals surface area contributed by atoms with E-state index >= 15 is 0 Å². The van der Waals surface area contributed by atoms with Crippen LogP contribution in [0.1, 0.15) is 22.5 Å². The topological polar surface area (TPSA) is 43.8 Å². The first-order chi connectivity index (χ1) is 8.13. The van der Waals surface area contributed by atoms with Crippen LogP contribution in [0.25, 0.3) is 5.69 Å². The van der Waals surface area contributed by atoms with E-state index in [-0.39, 0.29) is 0 Å². The summed E-state index contributed by atoms with van der Waals surface area (Å²) in [6.45, 7) is 6.96.